The van der Waals surface area contributed by atoms with Gasteiger partial charge in [-0.25, -0.2) is 4.39 Å². The van der Waals surface area contributed by atoms with Crippen LogP contribution in [0.2, 0.25) is 0 Å². The molecule has 0 saturated heterocycles. The molecule has 0 amide bonds. The second-order valence-corrected chi connectivity index (χ2v) is 9.15. The van der Waals surface area contributed by atoms with Crippen molar-refractivity contribution in [3.8, 4) is 28.3 Å². The molecule has 3 atom stereocenters. The van der Waals surface area contributed by atoms with Gasteiger partial charge in [0.15, 0.2) is 10.8 Å². The second-order valence-electron chi connectivity index (χ2n) is 6.80. The van der Waals surface area contributed by atoms with Crippen LogP contribution in [-0.4, -0.2) is 31.8 Å². The highest BCUT2D eigenvalue weighted by Gasteiger charge is 2.54. The molecule has 1 aromatic heterocycles. The van der Waals surface area contributed by atoms with Gasteiger partial charge in [0.1, 0.15) is 0 Å². The van der Waals surface area contributed by atoms with Gasteiger partial charge in [-0.15, -0.1) is 0 Å². The van der Waals surface area contributed by atoms with Crippen molar-refractivity contribution >= 4 is 18.5 Å². The van der Waals surface area contributed by atoms with E-state index in [9.17, 15) is 10.4 Å². The molecule has 0 bridgehead atoms. The smallest absolute Gasteiger partial charge is 0.172 e. The predicted molar refractivity (Wildman–Crippen MR) is 111 cm³/mol. The molecule has 1 aliphatic carbocycles. The Balaban J connectivity index is 2.07. The van der Waals surface area contributed by atoms with Gasteiger partial charge in [-0.3, -0.25) is 4.68 Å². The largest absolute Gasteiger partial charge is 0.394 e. The summed E-state index contributed by atoms with van der Waals surface area (Å²) in [4.78, 5) is 0. The van der Waals surface area contributed by atoms with Gasteiger partial charge in [0, 0.05) is 17.3 Å². The van der Waals surface area contributed by atoms with Gasteiger partial charge < -0.3 is 10.2 Å². The van der Waals surface area contributed by atoms with Crippen molar-refractivity contribution in [1.82, 2.24) is 9.78 Å². The van der Waals surface area contributed by atoms with Crippen LogP contribution in [0, 0.1) is 11.3 Å². The van der Waals surface area contributed by atoms with Gasteiger partial charge in [-0.2, -0.15) is 10.4 Å². The lowest BCUT2D eigenvalue weighted by Gasteiger charge is -2.35. The van der Waals surface area contributed by atoms with E-state index in [1.807, 2.05) is 30.6 Å². The molecule has 3 aromatic rings. The third kappa shape index (κ3) is 2.70. The molecule has 5 nitrogen and oxygen atoms in total. The van der Waals surface area contributed by atoms with Crippen molar-refractivity contribution in [2.45, 2.75) is 17.3 Å². The van der Waals surface area contributed by atoms with Crippen LogP contribution in [0.3, 0.4) is 0 Å². The van der Waals surface area contributed by atoms with E-state index in [2.05, 4.69) is 11.2 Å². The van der Waals surface area contributed by atoms with E-state index in [1.165, 1.54) is 0 Å². The van der Waals surface area contributed by atoms with Crippen molar-refractivity contribution in [3.05, 3.63) is 65.5 Å². The zero-order valence-electron chi connectivity index (χ0n) is 14.8. The van der Waals surface area contributed by atoms with Crippen molar-refractivity contribution < 1.29 is 14.6 Å². The molecule has 142 valence electrons. The second kappa shape index (κ2) is 6.72. The first-order chi connectivity index (χ1) is 13.3. The predicted octanol–water partition coefficient (Wildman–Crippen LogP) is 3.00. The third-order valence-electron chi connectivity index (χ3n) is 5.07. The molecular formula is C20H18FN3O2P2. The Morgan fingerprint density at radius 2 is 1.96 bits per heavy atom. The summed E-state index contributed by atoms with van der Waals surface area (Å²) < 4.78 is 16.9. The number of fused-ring (bicyclic) bond motifs is 3. The molecule has 2 N–H and O–H groups in total. The number of alkyl halides is 1. The summed E-state index contributed by atoms with van der Waals surface area (Å²) in [6.45, 7) is 0.288. The van der Waals surface area contributed by atoms with Gasteiger partial charge >= 0.3 is 0 Å². The van der Waals surface area contributed by atoms with Crippen LogP contribution in [-0.2, 0) is 12.1 Å². The van der Waals surface area contributed by atoms with Crippen LogP contribution < -0.4 is 0 Å². The quantitative estimate of drug-likeness (QED) is 0.645. The Morgan fingerprint density at radius 3 is 2.64 bits per heavy atom. The lowest BCUT2D eigenvalue weighted by molar-refractivity contribution is 0.0229. The fourth-order valence-electron chi connectivity index (χ4n) is 3.81. The maximum atomic E-state index is 15.3. The standard InChI is InChI=1S/C20H18FN3O2P2/c21-20(27,28)19(26)16-4-2-1-3-14(16)18-15(7-12(9-22)8-17(18)19)13-10-23-24(11-13)5-6-25/h1-4,7-8,10-11,25-26H,5-6,27-28H2. The van der Waals surface area contributed by atoms with Crippen molar-refractivity contribution in [2.75, 3.05) is 6.61 Å². The van der Waals surface area contributed by atoms with Crippen LogP contribution in [0.4, 0.5) is 4.39 Å². The van der Waals surface area contributed by atoms with E-state index < -0.39 is 10.8 Å². The highest BCUT2D eigenvalue weighted by atomic mass is 31.1. The average Bonchev–Trinajstić information content (AvgIpc) is 3.23. The van der Waals surface area contributed by atoms with Crippen molar-refractivity contribution in [2.24, 2.45) is 0 Å². The molecule has 1 aliphatic rings. The molecule has 0 fully saturated rings. The molecule has 0 spiro atoms. The molecular weight excluding hydrogens is 395 g/mol. The average molecular weight is 413 g/mol. The summed E-state index contributed by atoms with van der Waals surface area (Å²) in [5.41, 5.74) is 1.93. The number of halogens is 1. The molecule has 3 unspecified atom stereocenters. The molecule has 0 aliphatic heterocycles. The van der Waals surface area contributed by atoms with Crippen molar-refractivity contribution in [3.63, 3.8) is 0 Å². The van der Waals surface area contributed by atoms with Gasteiger partial charge in [0.25, 0.3) is 0 Å². The number of aliphatic hydroxyl groups excluding tert-OH is 1. The lowest BCUT2D eigenvalue weighted by atomic mass is 9.89. The minimum atomic E-state index is -2.14. The fraction of sp³-hybridized carbons (Fsp3) is 0.200. The highest BCUT2D eigenvalue weighted by molar-refractivity contribution is 7.39. The first-order valence-corrected chi connectivity index (χ1v) is 9.78. The van der Waals surface area contributed by atoms with Crippen molar-refractivity contribution in [1.29, 1.82) is 5.26 Å². The number of hydrogen-bond donors (Lipinski definition) is 2. The number of rotatable bonds is 4. The first-order valence-electron chi connectivity index (χ1n) is 8.62. The van der Waals surface area contributed by atoms with Gasteiger partial charge in [0.05, 0.1) is 31.0 Å². The summed E-state index contributed by atoms with van der Waals surface area (Å²) in [7, 11) is 4.09. The maximum absolute atomic E-state index is 15.3. The van der Waals surface area contributed by atoms with E-state index in [0.29, 0.717) is 39.9 Å². The maximum Gasteiger partial charge on any atom is 0.172 e. The number of benzene rings is 2. The van der Waals surface area contributed by atoms with Gasteiger partial charge in [-0.05, 0) is 34.4 Å². The summed E-state index contributed by atoms with van der Waals surface area (Å²) in [6, 6.07) is 12.5. The Labute approximate surface area is 166 Å². The first kappa shape index (κ1) is 19.2. The van der Waals surface area contributed by atoms with Crippen LogP contribution in [0.5, 0.6) is 0 Å². The van der Waals surface area contributed by atoms with Crippen LogP contribution in [0.15, 0.2) is 48.8 Å². The third-order valence-corrected chi connectivity index (χ3v) is 5.91. The number of aliphatic hydroxyl groups is 2. The minimum absolute atomic E-state index is 0.0511. The number of nitrogens with zero attached hydrogens (tertiary/aromatic N) is 3. The Bertz CT molecular complexity index is 1120. The molecule has 4 rings (SSSR count). The Morgan fingerprint density at radius 1 is 1.21 bits per heavy atom. The zero-order valence-corrected chi connectivity index (χ0v) is 17.1. The highest BCUT2D eigenvalue weighted by Crippen LogP contribution is 2.60. The molecule has 2 aromatic carbocycles. The number of hydrogen-bond acceptors (Lipinski definition) is 4. The molecule has 28 heavy (non-hydrogen) atoms. The summed E-state index contributed by atoms with van der Waals surface area (Å²) in [5, 5.41) is 32.3. The van der Waals surface area contributed by atoms with Gasteiger partial charge in [0.2, 0.25) is 0 Å². The van der Waals surface area contributed by atoms with E-state index >= 15 is 4.39 Å². The molecule has 8 heteroatoms. The summed E-state index contributed by atoms with van der Waals surface area (Å²) in [5.74, 6) is 0. The monoisotopic (exact) mass is 413 g/mol. The molecule has 0 radical (unpaired) electrons. The minimum Gasteiger partial charge on any atom is -0.394 e. The Hall–Kier alpha value is -2.15. The van der Waals surface area contributed by atoms with Crippen LogP contribution in [0.1, 0.15) is 16.7 Å². The van der Waals surface area contributed by atoms with E-state index in [-0.39, 0.29) is 6.61 Å². The van der Waals surface area contributed by atoms with E-state index in [0.717, 1.165) is 5.56 Å². The van der Waals surface area contributed by atoms with E-state index in [4.69, 9.17) is 5.11 Å². The van der Waals surface area contributed by atoms with Gasteiger partial charge in [-0.1, -0.05) is 42.7 Å². The Kier molecular flexibility index (Phi) is 4.61. The fourth-order valence-corrected chi connectivity index (χ4v) is 4.43. The lowest BCUT2D eigenvalue weighted by Crippen LogP contribution is -2.39. The summed E-state index contributed by atoms with van der Waals surface area (Å²) in [6.07, 6.45) is 3.40. The molecule has 1 heterocycles. The number of aromatic nitrogens is 2. The van der Waals surface area contributed by atoms with Crippen LogP contribution >= 0.6 is 18.5 Å². The SMILES string of the molecule is N#Cc1cc(-c2cnn(CCO)c2)c2c(c1)C(O)(C(F)(P)P)c1ccccc1-2. The normalized spacial score (nSPS) is 17.9. The van der Waals surface area contributed by atoms with E-state index in [1.54, 1.807) is 41.3 Å². The zero-order chi connectivity index (χ0) is 20.1. The topological polar surface area (TPSA) is 82.1 Å². The molecule has 0 saturated carbocycles. The summed E-state index contributed by atoms with van der Waals surface area (Å²) >= 11 is 0. The number of nitriles is 1. The van der Waals surface area contributed by atoms with Crippen LogP contribution in [0.25, 0.3) is 22.3 Å².